The Labute approximate surface area is 159 Å². The minimum atomic E-state index is -0.400. The van der Waals surface area contributed by atoms with Gasteiger partial charge in [-0.1, -0.05) is 0 Å². The molecule has 0 radical (unpaired) electrons. The average molecular weight is 383 g/mol. The number of carbonyl (C=O) groups is 2. The Bertz CT molecular complexity index is 912. The van der Waals surface area contributed by atoms with Gasteiger partial charge in [0, 0.05) is 23.5 Å². The number of rotatable bonds is 7. The van der Waals surface area contributed by atoms with E-state index in [4.69, 9.17) is 4.74 Å². The number of amides is 2. The Morgan fingerprint density at radius 3 is 2.67 bits per heavy atom. The van der Waals surface area contributed by atoms with Crippen molar-refractivity contribution in [2.75, 3.05) is 17.2 Å². The van der Waals surface area contributed by atoms with E-state index >= 15 is 0 Å². The molecule has 27 heavy (non-hydrogen) atoms. The number of hydrogen-bond acceptors (Lipinski definition) is 7. The van der Waals surface area contributed by atoms with Gasteiger partial charge in [-0.3, -0.25) is 19.9 Å². The Hall–Kier alpha value is -3.33. The number of thiazole rings is 1. The van der Waals surface area contributed by atoms with E-state index in [1.807, 2.05) is 6.92 Å². The highest BCUT2D eigenvalue weighted by Gasteiger charge is 2.12. The fraction of sp³-hybridized carbons (Fsp3) is 0.167. The molecule has 3 rings (SSSR count). The zero-order valence-electron chi connectivity index (χ0n) is 14.5. The van der Waals surface area contributed by atoms with Gasteiger partial charge in [0.25, 0.3) is 5.91 Å². The van der Waals surface area contributed by atoms with Gasteiger partial charge in [0.05, 0.1) is 24.9 Å². The van der Waals surface area contributed by atoms with E-state index < -0.39 is 5.91 Å². The number of nitrogens with one attached hydrogen (secondary N) is 2. The molecule has 0 aliphatic carbocycles. The van der Waals surface area contributed by atoms with E-state index in [1.165, 1.54) is 29.9 Å². The molecule has 2 aromatic heterocycles. The second kappa shape index (κ2) is 8.86. The Morgan fingerprint density at radius 1 is 1.15 bits per heavy atom. The summed E-state index contributed by atoms with van der Waals surface area (Å²) in [7, 11) is 0. The van der Waals surface area contributed by atoms with Gasteiger partial charge in [-0.15, -0.1) is 11.3 Å². The first-order valence-corrected chi connectivity index (χ1v) is 9.06. The highest BCUT2D eigenvalue weighted by atomic mass is 32.1. The second-order valence-corrected chi connectivity index (χ2v) is 6.23. The van der Waals surface area contributed by atoms with Crippen molar-refractivity contribution in [2.45, 2.75) is 13.3 Å². The van der Waals surface area contributed by atoms with Crippen molar-refractivity contribution in [3.8, 4) is 5.75 Å². The van der Waals surface area contributed by atoms with Crippen LogP contribution in [0.4, 0.5) is 10.8 Å². The van der Waals surface area contributed by atoms with Gasteiger partial charge in [-0.2, -0.15) is 0 Å². The minimum Gasteiger partial charge on any atom is -0.494 e. The third kappa shape index (κ3) is 5.32. The van der Waals surface area contributed by atoms with E-state index in [1.54, 1.807) is 29.6 Å². The van der Waals surface area contributed by atoms with E-state index in [0.717, 1.165) is 5.75 Å². The molecule has 0 unspecified atom stereocenters. The van der Waals surface area contributed by atoms with Gasteiger partial charge >= 0.3 is 0 Å². The lowest BCUT2D eigenvalue weighted by Crippen LogP contribution is -2.15. The topological polar surface area (TPSA) is 106 Å². The fourth-order valence-electron chi connectivity index (χ4n) is 2.19. The molecule has 138 valence electrons. The molecule has 1 aromatic carbocycles. The molecule has 0 bridgehead atoms. The third-order valence-electron chi connectivity index (χ3n) is 3.36. The van der Waals surface area contributed by atoms with Crippen LogP contribution in [-0.2, 0) is 11.2 Å². The molecule has 0 fully saturated rings. The van der Waals surface area contributed by atoms with Crippen molar-refractivity contribution in [3.05, 3.63) is 59.6 Å². The Morgan fingerprint density at radius 2 is 1.96 bits per heavy atom. The Balaban J connectivity index is 1.54. The lowest BCUT2D eigenvalue weighted by atomic mass is 10.2. The van der Waals surface area contributed by atoms with Crippen molar-refractivity contribution in [2.24, 2.45) is 0 Å². The van der Waals surface area contributed by atoms with Crippen LogP contribution >= 0.6 is 11.3 Å². The summed E-state index contributed by atoms with van der Waals surface area (Å²) in [5.41, 5.74) is 1.44. The maximum atomic E-state index is 12.2. The highest BCUT2D eigenvalue weighted by Crippen LogP contribution is 2.18. The largest absolute Gasteiger partial charge is 0.494 e. The van der Waals surface area contributed by atoms with Crippen molar-refractivity contribution >= 4 is 34.0 Å². The average Bonchev–Trinajstić information content (AvgIpc) is 3.11. The first-order valence-electron chi connectivity index (χ1n) is 8.18. The number of benzene rings is 1. The second-order valence-electron chi connectivity index (χ2n) is 5.37. The minimum absolute atomic E-state index is 0.102. The van der Waals surface area contributed by atoms with Crippen LogP contribution in [0.5, 0.6) is 5.75 Å². The molecule has 2 amide bonds. The smallest absolute Gasteiger partial charge is 0.277 e. The SMILES string of the molecule is CCOc1ccc(NC(=O)Cc2csc(NC(=O)c3cnccn3)n2)cc1. The molecule has 0 atom stereocenters. The van der Waals surface area contributed by atoms with E-state index in [0.29, 0.717) is 23.1 Å². The number of ether oxygens (including phenoxy) is 1. The molecule has 0 spiro atoms. The van der Waals surface area contributed by atoms with Crippen LogP contribution in [0.25, 0.3) is 0 Å². The van der Waals surface area contributed by atoms with Gasteiger partial charge in [0.1, 0.15) is 11.4 Å². The molecule has 8 nitrogen and oxygen atoms in total. The van der Waals surface area contributed by atoms with Crippen LogP contribution in [0, 0.1) is 0 Å². The molecule has 0 saturated heterocycles. The van der Waals surface area contributed by atoms with Gasteiger partial charge in [-0.05, 0) is 31.2 Å². The number of carbonyl (C=O) groups excluding carboxylic acids is 2. The lowest BCUT2D eigenvalue weighted by molar-refractivity contribution is -0.115. The van der Waals surface area contributed by atoms with Crippen LogP contribution in [0.2, 0.25) is 0 Å². The van der Waals surface area contributed by atoms with Crippen molar-refractivity contribution in [1.82, 2.24) is 15.0 Å². The van der Waals surface area contributed by atoms with Crippen LogP contribution in [0.3, 0.4) is 0 Å². The number of hydrogen-bond donors (Lipinski definition) is 2. The number of anilines is 2. The zero-order chi connectivity index (χ0) is 19.1. The summed E-state index contributed by atoms with van der Waals surface area (Å²) < 4.78 is 5.36. The van der Waals surface area contributed by atoms with E-state index in [9.17, 15) is 9.59 Å². The standard InChI is InChI=1S/C18H17N5O3S/c1-2-26-14-5-3-12(4-6-14)21-16(24)9-13-11-27-18(22-13)23-17(25)15-10-19-7-8-20-15/h3-8,10-11H,2,9H2,1H3,(H,21,24)(H,22,23,25). The van der Waals surface area contributed by atoms with Crippen LogP contribution in [0.1, 0.15) is 23.1 Å². The summed E-state index contributed by atoms with van der Waals surface area (Å²) in [5, 5.41) is 7.56. The van der Waals surface area contributed by atoms with E-state index in [-0.39, 0.29) is 18.0 Å². The quantitative estimate of drug-likeness (QED) is 0.650. The predicted molar refractivity (Wildman–Crippen MR) is 102 cm³/mol. The van der Waals surface area contributed by atoms with Gasteiger partial charge < -0.3 is 10.1 Å². The van der Waals surface area contributed by atoms with Gasteiger partial charge in [0.15, 0.2) is 5.13 Å². The first-order chi connectivity index (χ1) is 13.1. The predicted octanol–water partition coefficient (Wildman–Crippen LogP) is 2.77. The maximum absolute atomic E-state index is 12.2. The molecule has 3 aromatic rings. The van der Waals surface area contributed by atoms with Crippen LogP contribution in [0.15, 0.2) is 48.2 Å². The van der Waals surface area contributed by atoms with Gasteiger partial charge in [-0.25, -0.2) is 9.97 Å². The summed E-state index contributed by atoms with van der Waals surface area (Å²) in [6.45, 7) is 2.50. The maximum Gasteiger partial charge on any atom is 0.277 e. The lowest BCUT2D eigenvalue weighted by Gasteiger charge is -2.06. The zero-order valence-corrected chi connectivity index (χ0v) is 15.3. The summed E-state index contributed by atoms with van der Waals surface area (Å²) in [4.78, 5) is 36.2. The first kappa shape index (κ1) is 18.5. The number of aromatic nitrogens is 3. The summed E-state index contributed by atoms with van der Waals surface area (Å²) in [5.74, 6) is 0.151. The Kier molecular flexibility index (Phi) is 6.06. The van der Waals surface area contributed by atoms with Crippen LogP contribution < -0.4 is 15.4 Å². The molecule has 2 N–H and O–H groups in total. The summed E-state index contributed by atoms with van der Waals surface area (Å²) in [6.07, 6.45) is 4.40. The van der Waals surface area contributed by atoms with Crippen molar-refractivity contribution in [1.29, 1.82) is 0 Å². The monoisotopic (exact) mass is 383 g/mol. The molecular weight excluding hydrogens is 366 g/mol. The molecule has 0 aliphatic rings. The summed E-state index contributed by atoms with van der Waals surface area (Å²) in [6, 6.07) is 7.14. The normalized spacial score (nSPS) is 10.3. The molecular formula is C18H17N5O3S. The molecule has 2 heterocycles. The fourth-order valence-corrected chi connectivity index (χ4v) is 2.90. The van der Waals surface area contributed by atoms with Crippen LogP contribution in [-0.4, -0.2) is 33.4 Å². The molecule has 9 heteroatoms. The van der Waals surface area contributed by atoms with Crippen molar-refractivity contribution in [3.63, 3.8) is 0 Å². The number of nitrogens with zero attached hydrogens (tertiary/aromatic N) is 3. The van der Waals surface area contributed by atoms with E-state index in [2.05, 4.69) is 25.6 Å². The molecule has 0 saturated carbocycles. The summed E-state index contributed by atoms with van der Waals surface area (Å²) >= 11 is 1.24. The highest BCUT2D eigenvalue weighted by molar-refractivity contribution is 7.14. The molecule has 0 aliphatic heterocycles. The van der Waals surface area contributed by atoms with Crippen molar-refractivity contribution < 1.29 is 14.3 Å². The third-order valence-corrected chi connectivity index (χ3v) is 4.17. The van der Waals surface area contributed by atoms with Gasteiger partial charge in [0.2, 0.25) is 5.91 Å².